The lowest BCUT2D eigenvalue weighted by atomic mass is 10.0. The molecular weight excluding hydrogens is 675 g/mol. The zero-order chi connectivity index (χ0) is 35.9. The molecule has 0 saturated carbocycles. The van der Waals surface area contributed by atoms with Crippen molar-refractivity contribution in [2.24, 2.45) is 0 Å². The Hall–Kier alpha value is -6.95. The Morgan fingerprint density at radius 3 is 1.46 bits per heavy atom. The Bertz CT molecular complexity index is 2830. The molecule has 2 aromatic heterocycles. The number of rotatable bonds is 7. The topological polar surface area (TPSA) is 51.8 Å². The Balaban J connectivity index is 1.18. The molecule has 0 bridgehead atoms. The molecule has 10 aromatic rings. The Kier molecular flexibility index (Phi) is 7.78. The monoisotopic (exact) mass is 707 g/mol. The highest BCUT2D eigenvalue weighted by Crippen LogP contribution is 2.36. The highest BCUT2D eigenvalue weighted by molar-refractivity contribution is 7.19. The van der Waals surface area contributed by atoms with Gasteiger partial charge in [0.2, 0.25) is 0 Å². The third-order valence-electron chi connectivity index (χ3n) is 10.5. The third-order valence-corrected chi connectivity index (χ3v) is 15.2. The van der Waals surface area contributed by atoms with Crippen molar-refractivity contribution >= 4 is 61.5 Å². The summed E-state index contributed by atoms with van der Waals surface area (Å²) in [4.78, 5) is 15.5. The van der Waals surface area contributed by atoms with E-state index >= 15 is 0 Å². The summed E-state index contributed by atoms with van der Waals surface area (Å²) in [5.41, 5.74) is 4.58. The van der Waals surface area contributed by atoms with Crippen LogP contribution in [0.1, 0.15) is 0 Å². The van der Waals surface area contributed by atoms with E-state index in [1.807, 2.05) is 30.3 Å². The molecule has 2 heterocycles. The number of para-hydroxylation sites is 1. The van der Waals surface area contributed by atoms with Gasteiger partial charge in [-0.1, -0.05) is 182 Å². The van der Waals surface area contributed by atoms with Crippen LogP contribution in [-0.2, 0) is 0 Å². The fourth-order valence-electron chi connectivity index (χ4n) is 8.00. The van der Waals surface area contributed by atoms with Crippen LogP contribution in [-0.4, -0.2) is 23.0 Å². The summed E-state index contributed by atoms with van der Waals surface area (Å²) in [6.07, 6.45) is 0. The summed E-state index contributed by atoms with van der Waals surface area (Å²) in [6, 6.07) is 70.8. The first-order valence-electron chi connectivity index (χ1n) is 18.2. The second-order valence-electron chi connectivity index (χ2n) is 13.6. The van der Waals surface area contributed by atoms with Crippen molar-refractivity contribution in [2.45, 2.75) is 0 Å². The minimum atomic E-state index is -2.77. The van der Waals surface area contributed by atoms with E-state index in [0.717, 1.165) is 49.4 Å². The normalized spacial score (nSPS) is 11.7. The zero-order valence-corrected chi connectivity index (χ0v) is 30.3. The minimum Gasteiger partial charge on any atom is -0.456 e. The second-order valence-corrected chi connectivity index (χ2v) is 17.4. The van der Waals surface area contributed by atoms with Crippen molar-refractivity contribution in [3.63, 3.8) is 0 Å². The number of fused-ring (bicyclic) bond motifs is 5. The zero-order valence-electron chi connectivity index (χ0n) is 29.3. The summed E-state index contributed by atoms with van der Waals surface area (Å²) in [5, 5.41) is 9.67. The van der Waals surface area contributed by atoms with Crippen molar-refractivity contribution in [3.8, 4) is 34.2 Å². The summed E-state index contributed by atoms with van der Waals surface area (Å²) in [7, 11) is -2.77. The predicted octanol–water partition coefficient (Wildman–Crippen LogP) is 9.30. The molecule has 8 aromatic carbocycles. The van der Waals surface area contributed by atoms with Crippen LogP contribution in [0.15, 0.2) is 205 Å². The standard InChI is InChI=1S/C49H33N3OSi/c1-5-16-34(17-6-1)47-50-48(52-49(51-47)37-28-30-42-35(32-37)29-31-45-46(42)43-26-13-14-27-44(43)53-45)36-18-15-25-41(33-36)54(38-19-7-2-8-20-38,39-21-9-3-10-22-39)40-23-11-4-12-24-40/h1-33H. The van der Waals surface area contributed by atoms with Gasteiger partial charge in [-0.2, -0.15) is 0 Å². The minimum absolute atomic E-state index is 0.626. The van der Waals surface area contributed by atoms with Crippen molar-refractivity contribution in [2.75, 3.05) is 0 Å². The van der Waals surface area contributed by atoms with Gasteiger partial charge in [-0.05, 0) is 49.7 Å². The molecule has 0 saturated heterocycles. The van der Waals surface area contributed by atoms with E-state index in [9.17, 15) is 0 Å². The van der Waals surface area contributed by atoms with Crippen LogP contribution >= 0.6 is 0 Å². The first-order valence-corrected chi connectivity index (χ1v) is 20.2. The molecule has 0 radical (unpaired) electrons. The van der Waals surface area contributed by atoms with Gasteiger partial charge in [0.05, 0.1) is 0 Å². The van der Waals surface area contributed by atoms with Crippen LogP contribution in [0.25, 0.3) is 66.9 Å². The molecule has 0 aliphatic carbocycles. The molecule has 0 spiro atoms. The van der Waals surface area contributed by atoms with Crippen LogP contribution in [0, 0.1) is 0 Å². The third kappa shape index (κ3) is 5.33. The van der Waals surface area contributed by atoms with E-state index in [0.29, 0.717) is 17.5 Å². The van der Waals surface area contributed by atoms with E-state index in [4.69, 9.17) is 19.4 Å². The van der Waals surface area contributed by atoms with E-state index in [1.54, 1.807) is 0 Å². The lowest BCUT2D eigenvalue weighted by Gasteiger charge is -2.34. The largest absolute Gasteiger partial charge is 0.456 e. The lowest BCUT2D eigenvalue weighted by molar-refractivity contribution is 0.669. The molecule has 0 unspecified atom stereocenters. The summed E-state index contributed by atoms with van der Waals surface area (Å²) >= 11 is 0. The van der Waals surface area contributed by atoms with Crippen molar-refractivity contribution in [1.29, 1.82) is 0 Å². The maximum absolute atomic E-state index is 6.19. The maximum Gasteiger partial charge on any atom is 0.179 e. The molecule has 0 N–H and O–H groups in total. The van der Waals surface area contributed by atoms with Gasteiger partial charge in [0.1, 0.15) is 11.2 Å². The average molecular weight is 708 g/mol. The summed E-state index contributed by atoms with van der Waals surface area (Å²) < 4.78 is 6.19. The molecule has 0 fully saturated rings. The molecule has 0 aliphatic heterocycles. The number of aromatic nitrogens is 3. The molecule has 0 amide bonds. The Morgan fingerprint density at radius 2 is 0.833 bits per heavy atom. The molecule has 254 valence electrons. The van der Waals surface area contributed by atoms with Crippen LogP contribution in [0.3, 0.4) is 0 Å². The van der Waals surface area contributed by atoms with Gasteiger partial charge < -0.3 is 4.42 Å². The van der Waals surface area contributed by atoms with Gasteiger partial charge in [0.15, 0.2) is 25.5 Å². The number of hydrogen-bond donors (Lipinski definition) is 0. The van der Waals surface area contributed by atoms with Gasteiger partial charge in [-0.15, -0.1) is 0 Å². The molecular formula is C49H33N3OSi. The van der Waals surface area contributed by atoms with E-state index < -0.39 is 8.07 Å². The van der Waals surface area contributed by atoms with Crippen LogP contribution in [0.2, 0.25) is 0 Å². The van der Waals surface area contributed by atoms with Crippen molar-refractivity contribution < 1.29 is 4.42 Å². The lowest BCUT2D eigenvalue weighted by Crippen LogP contribution is -2.74. The SMILES string of the molecule is c1ccc(-c2nc(-c3cccc([Si](c4ccccc4)(c4ccccc4)c4ccccc4)c3)nc(-c3ccc4c(ccc5oc6ccccc6c54)c3)n2)cc1. The quantitative estimate of drug-likeness (QED) is 0.122. The first kappa shape index (κ1) is 31.8. The maximum atomic E-state index is 6.19. The van der Waals surface area contributed by atoms with Gasteiger partial charge in [0.25, 0.3) is 0 Å². The number of furan rings is 1. The molecule has 0 aliphatic rings. The second kappa shape index (κ2) is 13.2. The molecule has 0 atom stereocenters. The van der Waals surface area contributed by atoms with Gasteiger partial charge in [0, 0.05) is 27.5 Å². The van der Waals surface area contributed by atoms with Gasteiger partial charge >= 0.3 is 0 Å². The van der Waals surface area contributed by atoms with Crippen molar-refractivity contribution in [3.05, 3.63) is 200 Å². The number of benzene rings is 8. The molecule has 54 heavy (non-hydrogen) atoms. The van der Waals surface area contributed by atoms with Crippen LogP contribution in [0.4, 0.5) is 0 Å². The molecule has 5 heteroatoms. The smallest absolute Gasteiger partial charge is 0.179 e. The highest BCUT2D eigenvalue weighted by Gasteiger charge is 2.41. The molecule has 10 rings (SSSR count). The highest BCUT2D eigenvalue weighted by atomic mass is 28.3. The molecule has 4 nitrogen and oxygen atoms in total. The van der Waals surface area contributed by atoms with Crippen LogP contribution < -0.4 is 20.7 Å². The predicted molar refractivity (Wildman–Crippen MR) is 225 cm³/mol. The summed E-state index contributed by atoms with van der Waals surface area (Å²) in [5.74, 6) is 1.89. The van der Waals surface area contributed by atoms with Gasteiger partial charge in [-0.25, -0.2) is 15.0 Å². The fraction of sp³-hybridized carbons (Fsp3) is 0. The fourth-order valence-corrected chi connectivity index (χ4v) is 12.8. The van der Waals surface area contributed by atoms with Gasteiger partial charge in [-0.3, -0.25) is 0 Å². The average Bonchev–Trinajstić information content (AvgIpc) is 3.65. The van der Waals surface area contributed by atoms with Crippen molar-refractivity contribution in [1.82, 2.24) is 15.0 Å². The van der Waals surface area contributed by atoms with E-state index in [1.165, 1.54) is 20.7 Å². The van der Waals surface area contributed by atoms with Crippen LogP contribution in [0.5, 0.6) is 0 Å². The van der Waals surface area contributed by atoms with E-state index in [2.05, 4.69) is 170 Å². The number of hydrogen-bond acceptors (Lipinski definition) is 4. The Morgan fingerprint density at radius 1 is 0.333 bits per heavy atom. The Labute approximate surface area is 314 Å². The summed E-state index contributed by atoms with van der Waals surface area (Å²) in [6.45, 7) is 0. The first-order chi connectivity index (χ1) is 26.8. The number of nitrogens with zero attached hydrogens (tertiary/aromatic N) is 3. The van der Waals surface area contributed by atoms with E-state index in [-0.39, 0.29) is 0 Å².